The van der Waals surface area contributed by atoms with E-state index in [0.717, 1.165) is 38.2 Å². The number of anilines is 1. The molecule has 2 fully saturated rings. The Balaban J connectivity index is 1.53. The summed E-state index contributed by atoms with van der Waals surface area (Å²) in [5, 5.41) is 4.08. The lowest BCUT2D eigenvalue weighted by Gasteiger charge is -2.39. The number of amides is 1. The van der Waals surface area contributed by atoms with E-state index in [4.69, 9.17) is 11.6 Å². The van der Waals surface area contributed by atoms with Crippen LogP contribution in [0.4, 0.5) is 5.82 Å². The van der Waals surface area contributed by atoms with Crippen LogP contribution in [0.1, 0.15) is 52.9 Å². The summed E-state index contributed by atoms with van der Waals surface area (Å²) in [6, 6.07) is 4.18. The number of nitrogens with zero attached hydrogens (tertiary/aromatic N) is 2. The van der Waals surface area contributed by atoms with Crippen molar-refractivity contribution in [1.29, 1.82) is 0 Å². The fourth-order valence-electron chi connectivity index (χ4n) is 4.59. The van der Waals surface area contributed by atoms with Gasteiger partial charge in [0.2, 0.25) is 5.91 Å². The highest BCUT2D eigenvalue weighted by molar-refractivity contribution is 6.30. The summed E-state index contributed by atoms with van der Waals surface area (Å²) in [7, 11) is 0. The molecule has 1 aromatic heterocycles. The van der Waals surface area contributed by atoms with Gasteiger partial charge in [-0.3, -0.25) is 4.79 Å². The number of carbonyl (C=O) groups is 1. The van der Waals surface area contributed by atoms with Gasteiger partial charge in [0.05, 0.1) is 5.02 Å². The molecule has 5 heteroatoms. The molecule has 1 aliphatic carbocycles. The predicted molar refractivity (Wildman–Crippen MR) is 107 cm³/mol. The van der Waals surface area contributed by atoms with Crippen molar-refractivity contribution < 1.29 is 4.79 Å². The van der Waals surface area contributed by atoms with Gasteiger partial charge in [-0.2, -0.15) is 0 Å². The minimum atomic E-state index is 0.128. The normalized spacial score (nSPS) is 27.6. The first-order valence-electron chi connectivity index (χ1n) is 10.1. The summed E-state index contributed by atoms with van der Waals surface area (Å²) >= 11 is 5.92. The molecular formula is C21H32ClN3O. The lowest BCUT2D eigenvalue weighted by atomic mass is 9.74. The molecule has 0 radical (unpaired) electrons. The lowest BCUT2D eigenvalue weighted by Crippen LogP contribution is -2.49. The summed E-state index contributed by atoms with van der Waals surface area (Å²) in [5.74, 6) is 3.31. The molecule has 2 aliphatic rings. The third-order valence-electron chi connectivity index (χ3n) is 6.25. The first kappa shape index (κ1) is 19.5. The minimum Gasteiger partial charge on any atom is -0.357 e. The smallest absolute Gasteiger partial charge is 0.223 e. The average Bonchev–Trinajstić information content (AvgIpc) is 2.62. The van der Waals surface area contributed by atoms with Crippen molar-refractivity contribution in [3.05, 3.63) is 23.4 Å². The van der Waals surface area contributed by atoms with Crippen molar-refractivity contribution >= 4 is 23.3 Å². The zero-order chi connectivity index (χ0) is 18.7. The van der Waals surface area contributed by atoms with Crippen LogP contribution in [-0.4, -0.2) is 30.0 Å². The van der Waals surface area contributed by atoms with Crippen LogP contribution >= 0.6 is 11.6 Å². The van der Waals surface area contributed by atoms with Crippen LogP contribution in [0.5, 0.6) is 0 Å². The van der Waals surface area contributed by atoms with E-state index < -0.39 is 0 Å². The van der Waals surface area contributed by atoms with Crippen molar-refractivity contribution in [2.75, 3.05) is 18.0 Å². The Morgan fingerprint density at radius 3 is 2.58 bits per heavy atom. The molecule has 1 saturated carbocycles. The summed E-state index contributed by atoms with van der Waals surface area (Å²) in [5.41, 5.74) is 0. The van der Waals surface area contributed by atoms with Crippen LogP contribution in [0.2, 0.25) is 5.02 Å². The largest absolute Gasteiger partial charge is 0.357 e. The molecule has 3 atom stereocenters. The average molecular weight is 378 g/mol. The molecule has 1 aliphatic heterocycles. The van der Waals surface area contributed by atoms with E-state index in [-0.39, 0.29) is 11.8 Å². The molecule has 0 bridgehead atoms. The predicted octanol–water partition coefficient (Wildman–Crippen LogP) is 4.53. The Bertz CT molecular complexity index is 596. The third-order valence-corrected chi connectivity index (χ3v) is 6.47. The molecule has 4 nitrogen and oxygen atoms in total. The van der Waals surface area contributed by atoms with E-state index in [2.05, 4.69) is 36.0 Å². The highest BCUT2D eigenvalue weighted by Crippen LogP contribution is 2.34. The third kappa shape index (κ3) is 4.70. The van der Waals surface area contributed by atoms with Crippen LogP contribution in [0.3, 0.4) is 0 Å². The fourth-order valence-corrected chi connectivity index (χ4v) is 4.71. The number of hydrogen-bond donors (Lipinski definition) is 1. The molecule has 3 rings (SSSR count). The van der Waals surface area contributed by atoms with Gasteiger partial charge in [0.1, 0.15) is 5.82 Å². The highest BCUT2D eigenvalue weighted by atomic mass is 35.5. The van der Waals surface area contributed by atoms with Crippen LogP contribution in [0.15, 0.2) is 18.3 Å². The van der Waals surface area contributed by atoms with E-state index in [1.807, 2.05) is 12.1 Å². The van der Waals surface area contributed by atoms with Gasteiger partial charge in [0.25, 0.3) is 0 Å². The van der Waals surface area contributed by atoms with Gasteiger partial charge in [-0.15, -0.1) is 0 Å². The van der Waals surface area contributed by atoms with Crippen molar-refractivity contribution in [3.63, 3.8) is 0 Å². The number of carbonyl (C=O) groups excluding carboxylic acids is 1. The van der Waals surface area contributed by atoms with Gasteiger partial charge in [-0.25, -0.2) is 4.98 Å². The second-order valence-electron chi connectivity index (χ2n) is 8.54. The topological polar surface area (TPSA) is 45.2 Å². The standard InChI is InChI=1S/C21H32ClN3O/c1-14(2)18-6-4-15(3)12-19(18)24-21(26)16-8-10-25(11-9-16)20-7-5-17(22)13-23-20/h5,7,13-16,18-19H,4,6,8-12H2,1-3H3,(H,24,26)/t15-,18-,19-/m1/s1. The molecule has 1 aromatic rings. The van der Waals surface area contributed by atoms with Crippen molar-refractivity contribution in [3.8, 4) is 0 Å². The Kier molecular flexibility index (Phi) is 6.44. The van der Waals surface area contributed by atoms with E-state index in [1.165, 1.54) is 12.8 Å². The van der Waals surface area contributed by atoms with Gasteiger partial charge in [0, 0.05) is 31.2 Å². The van der Waals surface area contributed by atoms with Gasteiger partial charge in [0.15, 0.2) is 0 Å². The first-order chi connectivity index (χ1) is 12.4. The van der Waals surface area contributed by atoms with Crippen molar-refractivity contribution in [2.24, 2.45) is 23.7 Å². The molecule has 0 aromatic carbocycles. The van der Waals surface area contributed by atoms with E-state index >= 15 is 0 Å². The van der Waals surface area contributed by atoms with Crippen LogP contribution in [0, 0.1) is 23.7 Å². The maximum Gasteiger partial charge on any atom is 0.223 e. The molecule has 1 N–H and O–H groups in total. The number of hydrogen-bond acceptors (Lipinski definition) is 3. The maximum absolute atomic E-state index is 12.9. The molecule has 1 amide bonds. The molecule has 0 spiro atoms. The van der Waals surface area contributed by atoms with Crippen LogP contribution in [-0.2, 0) is 4.79 Å². The Morgan fingerprint density at radius 1 is 1.23 bits per heavy atom. The van der Waals surface area contributed by atoms with Crippen LogP contribution in [0.25, 0.3) is 0 Å². The maximum atomic E-state index is 12.9. The molecule has 1 saturated heterocycles. The lowest BCUT2D eigenvalue weighted by molar-refractivity contribution is -0.127. The first-order valence-corrected chi connectivity index (χ1v) is 10.5. The van der Waals surface area contributed by atoms with Crippen LogP contribution < -0.4 is 10.2 Å². The van der Waals surface area contributed by atoms with E-state index in [0.29, 0.717) is 28.8 Å². The molecule has 26 heavy (non-hydrogen) atoms. The SMILES string of the molecule is CC(C)[C@H]1CC[C@@H](C)C[C@H]1NC(=O)C1CCN(c2ccc(Cl)cn2)CC1. The van der Waals surface area contributed by atoms with E-state index in [1.54, 1.807) is 6.20 Å². The second kappa shape index (κ2) is 8.60. The zero-order valence-corrected chi connectivity index (χ0v) is 17.0. The van der Waals surface area contributed by atoms with Gasteiger partial charge >= 0.3 is 0 Å². The Morgan fingerprint density at radius 2 is 1.96 bits per heavy atom. The molecule has 144 valence electrons. The number of piperidine rings is 1. The quantitative estimate of drug-likeness (QED) is 0.838. The summed E-state index contributed by atoms with van der Waals surface area (Å²) in [6.07, 6.45) is 7.13. The summed E-state index contributed by atoms with van der Waals surface area (Å²) < 4.78 is 0. The van der Waals surface area contributed by atoms with Gasteiger partial charge < -0.3 is 10.2 Å². The molecule has 0 unspecified atom stereocenters. The summed E-state index contributed by atoms with van der Waals surface area (Å²) in [6.45, 7) is 8.64. The number of nitrogens with one attached hydrogen (secondary N) is 1. The molecule has 2 heterocycles. The highest BCUT2D eigenvalue weighted by Gasteiger charge is 2.34. The monoisotopic (exact) mass is 377 g/mol. The molecular weight excluding hydrogens is 346 g/mol. The second-order valence-corrected chi connectivity index (χ2v) is 8.97. The number of halogens is 1. The Hall–Kier alpha value is -1.29. The number of aromatic nitrogens is 1. The summed E-state index contributed by atoms with van der Waals surface area (Å²) in [4.78, 5) is 19.5. The van der Waals surface area contributed by atoms with Gasteiger partial charge in [-0.05, 0) is 55.6 Å². The minimum absolute atomic E-state index is 0.128. The van der Waals surface area contributed by atoms with Gasteiger partial charge in [-0.1, -0.05) is 38.8 Å². The fraction of sp³-hybridized carbons (Fsp3) is 0.714. The number of pyridine rings is 1. The number of rotatable bonds is 4. The van der Waals surface area contributed by atoms with Crippen molar-refractivity contribution in [1.82, 2.24) is 10.3 Å². The van der Waals surface area contributed by atoms with Crippen molar-refractivity contribution in [2.45, 2.75) is 58.9 Å². The Labute approximate surface area is 162 Å². The van der Waals surface area contributed by atoms with E-state index in [9.17, 15) is 4.79 Å². The zero-order valence-electron chi connectivity index (χ0n) is 16.2.